The number of nitrogens with zero attached hydrogens (tertiary/aromatic N) is 1. The molecule has 2 aromatic rings. The van der Waals surface area contributed by atoms with Crippen LogP contribution in [0, 0.1) is 0 Å². The maximum atomic E-state index is 11.7. The molecule has 0 aliphatic carbocycles. The number of H-pyrrole nitrogens is 1. The smallest absolute Gasteiger partial charge is 0.320 e. The number of rotatable bonds is 6. The Hall–Kier alpha value is -1.73. The molecule has 2 aromatic heterocycles. The first kappa shape index (κ1) is 13.7. The quantitative estimate of drug-likeness (QED) is 0.742. The molecule has 2 rings (SSSR count). The van der Waals surface area contributed by atoms with Crippen molar-refractivity contribution in [2.75, 3.05) is 0 Å². The number of hydrogen-bond acceptors (Lipinski definition) is 5. The monoisotopic (exact) mass is 281 g/mol. The van der Waals surface area contributed by atoms with Gasteiger partial charge in [0.15, 0.2) is 0 Å². The number of carboxylic acid groups (broad SMARTS) is 1. The standard InChI is InChI=1S/C12H15N3O3S/c1-2-3-8(12(17)18)13-6-9-14-7-4-5-19-10(7)11(16)15-9/h4-5,8,13H,2-3,6H2,1H3,(H,17,18)(H,14,15,16). The fraction of sp³-hybridized carbons (Fsp3) is 0.417. The van der Waals surface area contributed by atoms with Gasteiger partial charge in [0.05, 0.1) is 12.1 Å². The van der Waals surface area contributed by atoms with Crippen LogP contribution in [0.2, 0.25) is 0 Å². The summed E-state index contributed by atoms with van der Waals surface area (Å²) >= 11 is 1.34. The van der Waals surface area contributed by atoms with E-state index in [0.717, 1.165) is 6.42 Å². The summed E-state index contributed by atoms with van der Waals surface area (Å²) in [7, 11) is 0. The number of fused-ring (bicyclic) bond motifs is 1. The van der Waals surface area contributed by atoms with Gasteiger partial charge in [-0.15, -0.1) is 11.3 Å². The lowest BCUT2D eigenvalue weighted by atomic mass is 10.2. The first-order chi connectivity index (χ1) is 9.11. The van der Waals surface area contributed by atoms with Crippen LogP contribution in [0.15, 0.2) is 16.2 Å². The predicted octanol–water partition coefficient (Wildman–Crippen LogP) is 1.33. The van der Waals surface area contributed by atoms with Crippen LogP contribution in [0.4, 0.5) is 0 Å². The highest BCUT2D eigenvalue weighted by atomic mass is 32.1. The molecule has 0 radical (unpaired) electrons. The summed E-state index contributed by atoms with van der Waals surface area (Å²) in [6.07, 6.45) is 1.32. The lowest BCUT2D eigenvalue weighted by Gasteiger charge is -2.12. The normalized spacial score (nSPS) is 12.7. The Morgan fingerprint density at radius 1 is 1.63 bits per heavy atom. The molecule has 0 amide bonds. The Bertz CT molecular complexity index is 634. The summed E-state index contributed by atoms with van der Waals surface area (Å²) < 4.78 is 0.590. The summed E-state index contributed by atoms with van der Waals surface area (Å²) in [6.45, 7) is 2.16. The van der Waals surface area contributed by atoms with Crippen LogP contribution in [0.5, 0.6) is 0 Å². The molecule has 6 nitrogen and oxygen atoms in total. The molecule has 0 aliphatic rings. The number of nitrogens with one attached hydrogen (secondary N) is 2. The van der Waals surface area contributed by atoms with Gasteiger partial charge in [0.1, 0.15) is 16.6 Å². The highest BCUT2D eigenvalue weighted by molar-refractivity contribution is 7.17. The van der Waals surface area contributed by atoms with Crippen molar-refractivity contribution in [3.05, 3.63) is 27.6 Å². The predicted molar refractivity (Wildman–Crippen MR) is 73.4 cm³/mol. The number of carbonyl (C=O) groups is 1. The third-order valence-electron chi connectivity index (χ3n) is 2.76. The number of aromatic amines is 1. The van der Waals surface area contributed by atoms with Gasteiger partial charge in [0.25, 0.3) is 5.56 Å². The number of carboxylic acids is 1. The van der Waals surface area contributed by atoms with Crippen LogP contribution in [0.1, 0.15) is 25.6 Å². The Kier molecular flexibility index (Phi) is 4.28. The van der Waals surface area contributed by atoms with Crippen molar-refractivity contribution in [1.29, 1.82) is 0 Å². The average Bonchev–Trinajstić information content (AvgIpc) is 2.82. The van der Waals surface area contributed by atoms with Crippen molar-refractivity contribution in [3.63, 3.8) is 0 Å². The van der Waals surface area contributed by atoms with Crippen molar-refractivity contribution in [2.24, 2.45) is 0 Å². The maximum Gasteiger partial charge on any atom is 0.320 e. The zero-order valence-electron chi connectivity index (χ0n) is 10.5. The lowest BCUT2D eigenvalue weighted by molar-refractivity contribution is -0.139. The Morgan fingerprint density at radius 3 is 3.11 bits per heavy atom. The van der Waals surface area contributed by atoms with E-state index in [1.165, 1.54) is 11.3 Å². The van der Waals surface area contributed by atoms with Gasteiger partial charge in [0, 0.05) is 0 Å². The number of aromatic nitrogens is 2. The van der Waals surface area contributed by atoms with E-state index in [-0.39, 0.29) is 12.1 Å². The van der Waals surface area contributed by atoms with Crippen molar-refractivity contribution in [3.8, 4) is 0 Å². The van der Waals surface area contributed by atoms with Crippen LogP contribution in [-0.4, -0.2) is 27.1 Å². The zero-order chi connectivity index (χ0) is 13.8. The highest BCUT2D eigenvalue weighted by Gasteiger charge is 2.16. The topological polar surface area (TPSA) is 95.1 Å². The van der Waals surface area contributed by atoms with Crippen LogP contribution in [0.25, 0.3) is 10.2 Å². The second-order valence-electron chi connectivity index (χ2n) is 4.21. The summed E-state index contributed by atoms with van der Waals surface area (Å²) in [6, 6.07) is 1.16. The first-order valence-corrected chi connectivity index (χ1v) is 6.92. The van der Waals surface area contributed by atoms with Crippen LogP contribution < -0.4 is 10.9 Å². The molecule has 0 spiro atoms. The summed E-state index contributed by atoms with van der Waals surface area (Å²) in [5.41, 5.74) is 0.465. The van der Waals surface area contributed by atoms with Crippen LogP contribution in [-0.2, 0) is 11.3 Å². The first-order valence-electron chi connectivity index (χ1n) is 6.04. The van der Waals surface area contributed by atoms with Gasteiger partial charge in [-0.3, -0.25) is 14.9 Å². The molecule has 102 valence electrons. The van der Waals surface area contributed by atoms with Gasteiger partial charge in [-0.25, -0.2) is 4.98 Å². The molecule has 1 atom stereocenters. The molecule has 0 bridgehead atoms. The number of thiophene rings is 1. The van der Waals surface area contributed by atoms with E-state index in [1.807, 2.05) is 6.92 Å². The van der Waals surface area contributed by atoms with E-state index < -0.39 is 12.0 Å². The molecule has 0 saturated heterocycles. The highest BCUT2D eigenvalue weighted by Crippen LogP contribution is 2.13. The molecule has 0 aromatic carbocycles. The van der Waals surface area contributed by atoms with E-state index in [9.17, 15) is 9.59 Å². The van der Waals surface area contributed by atoms with Gasteiger partial charge in [-0.05, 0) is 17.9 Å². The molecule has 7 heteroatoms. The van der Waals surface area contributed by atoms with Crippen molar-refractivity contribution in [1.82, 2.24) is 15.3 Å². The van der Waals surface area contributed by atoms with Gasteiger partial charge in [0.2, 0.25) is 0 Å². The third kappa shape index (κ3) is 3.18. The van der Waals surface area contributed by atoms with Gasteiger partial charge in [-0.2, -0.15) is 0 Å². The van der Waals surface area contributed by atoms with Crippen LogP contribution in [0.3, 0.4) is 0 Å². The second-order valence-corrected chi connectivity index (χ2v) is 5.12. The van der Waals surface area contributed by atoms with Gasteiger partial charge in [-0.1, -0.05) is 13.3 Å². The third-order valence-corrected chi connectivity index (χ3v) is 3.66. The van der Waals surface area contributed by atoms with Crippen LogP contribution >= 0.6 is 11.3 Å². The molecular weight excluding hydrogens is 266 g/mol. The molecular formula is C12H15N3O3S. The number of hydrogen-bond donors (Lipinski definition) is 3. The van der Waals surface area contributed by atoms with E-state index in [1.54, 1.807) is 11.4 Å². The Labute approximate surface area is 113 Å². The maximum absolute atomic E-state index is 11.7. The molecule has 19 heavy (non-hydrogen) atoms. The summed E-state index contributed by atoms with van der Waals surface area (Å²) in [5.74, 6) is -0.431. The molecule has 0 aliphatic heterocycles. The molecule has 2 heterocycles. The van der Waals surface area contributed by atoms with Crippen molar-refractivity contribution in [2.45, 2.75) is 32.4 Å². The SMILES string of the molecule is CCCC(NCc1nc2ccsc2c(=O)[nH]1)C(=O)O. The zero-order valence-corrected chi connectivity index (χ0v) is 11.3. The summed E-state index contributed by atoms with van der Waals surface area (Å²) in [4.78, 5) is 29.7. The van der Waals surface area contributed by atoms with Crippen molar-refractivity contribution >= 4 is 27.5 Å². The van der Waals surface area contributed by atoms with Crippen molar-refractivity contribution < 1.29 is 9.90 Å². The fourth-order valence-corrected chi connectivity index (χ4v) is 2.55. The minimum Gasteiger partial charge on any atom is -0.480 e. The minimum absolute atomic E-state index is 0.181. The van der Waals surface area contributed by atoms with E-state index in [4.69, 9.17) is 5.11 Å². The largest absolute Gasteiger partial charge is 0.480 e. The lowest BCUT2D eigenvalue weighted by Crippen LogP contribution is -2.36. The Balaban J connectivity index is 2.12. The second kappa shape index (κ2) is 5.94. The molecule has 1 unspecified atom stereocenters. The molecule has 0 fully saturated rings. The van der Waals surface area contributed by atoms with Gasteiger partial charge < -0.3 is 10.1 Å². The number of aliphatic carboxylic acids is 1. The molecule has 0 saturated carbocycles. The Morgan fingerprint density at radius 2 is 2.42 bits per heavy atom. The summed E-state index contributed by atoms with van der Waals surface area (Å²) in [5, 5.41) is 13.7. The average molecular weight is 281 g/mol. The fourth-order valence-electron chi connectivity index (χ4n) is 1.83. The van der Waals surface area contributed by atoms with E-state index >= 15 is 0 Å². The molecule has 3 N–H and O–H groups in total. The van der Waals surface area contributed by atoms with Gasteiger partial charge >= 0.3 is 5.97 Å². The minimum atomic E-state index is -0.888. The van der Waals surface area contributed by atoms with E-state index in [2.05, 4.69) is 15.3 Å². The van der Waals surface area contributed by atoms with E-state index in [0.29, 0.717) is 22.5 Å².